The number of aliphatic hydroxyl groups is 2. The zero-order chi connectivity index (χ0) is 35.7. The molecule has 1 saturated carbocycles. The Kier molecular flexibility index (Phi) is 10.3. The molecule has 51 heavy (non-hydrogen) atoms. The van der Waals surface area contributed by atoms with E-state index < -0.39 is 6.10 Å². The molecule has 5 N–H and O–H groups in total. The van der Waals surface area contributed by atoms with Crippen LogP contribution < -0.4 is 11.1 Å². The Morgan fingerprint density at radius 2 is 1.78 bits per heavy atom. The van der Waals surface area contributed by atoms with Gasteiger partial charge < -0.3 is 26.0 Å². The molecule has 4 aromatic rings. The monoisotopic (exact) mass is 693 g/mol. The molecule has 2 aliphatic carbocycles. The van der Waals surface area contributed by atoms with Gasteiger partial charge in [-0.15, -0.1) is 0 Å². The molecule has 0 spiro atoms. The number of nitrogens with two attached hydrogens (primary N) is 1. The van der Waals surface area contributed by atoms with Crippen LogP contribution >= 0.6 is 0 Å². The van der Waals surface area contributed by atoms with E-state index in [0.717, 1.165) is 68.6 Å². The molecule has 7 rings (SSSR count). The maximum atomic E-state index is 13.3. The van der Waals surface area contributed by atoms with Crippen LogP contribution in [-0.2, 0) is 23.8 Å². The summed E-state index contributed by atoms with van der Waals surface area (Å²) in [6.45, 7) is 9.26. The highest BCUT2D eigenvalue weighted by Crippen LogP contribution is 2.48. The van der Waals surface area contributed by atoms with Crippen molar-refractivity contribution in [2.75, 3.05) is 45.1 Å². The number of nitrogens with one attached hydrogen (secondary N) is 1. The fourth-order valence-electron chi connectivity index (χ4n) is 8.17. The molecule has 2 aromatic carbocycles. The van der Waals surface area contributed by atoms with Gasteiger partial charge in [-0.1, -0.05) is 56.3 Å². The second kappa shape index (κ2) is 14.8. The molecule has 3 heterocycles. The van der Waals surface area contributed by atoms with Crippen molar-refractivity contribution < 1.29 is 19.7 Å². The number of anilines is 1. The molecule has 11 heteroatoms. The summed E-state index contributed by atoms with van der Waals surface area (Å²) < 4.78 is 8.11. The number of pyridine rings is 1. The number of hydrogen-bond acceptors (Lipinski definition) is 9. The van der Waals surface area contributed by atoms with E-state index in [0.29, 0.717) is 24.8 Å². The molecule has 3 aliphatic rings. The van der Waals surface area contributed by atoms with Gasteiger partial charge in [-0.05, 0) is 65.0 Å². The molecule has 4 atom stereocenters. The topological polar surface area (TPSA) is 142 Å². The molecule has 2 aromatic heterocycles. The molecule has 11 nitrogen and oxygen atoms in total. The van der Waals surface area contributed by atoms with Crippen LogP contribution in [0.1, 0.15) is 72.6 Å². The first-order valence-electron chi connectivity index (χ1n) is 18.2. The van der Waals surface area contributed by atoms with Crippen LogP contribution in [-0.4, -0.2) is 98.3 Å². The minimum absolute atomic E-state index is 0.0751. The molecule has 270 valence electrons. The molecule has 1 aliphatic heterocycles. The number of β-amino-alcohol motifs (C(OH)–C–C–N with tert-alkyl or cyclic N) is 1. The average Bonchev–Trinajstić information content (AvgIpc) is 3.84. The average molecular weight is 694 g/mol. The summed E-state index contributed by atoms with van der Waals surface area (Å²) in [5, 5.41) is 26.5. The van der Waals surface area contributed by atoms with Crippen LogP contribution in [0.5, 0.6) is 0 Å². The summed E-state index contributed by atoms with van der Waals surface area (Å²) in [6, 6.07) is 17.7. The molecule has 1 amide bonds. The van der Waals surface area contributed by atoms with Crippen molar-refractivity contribution in [2.45, 2.75) is 75.8 Å². The van der Waals surface area contributed by atoms with Crippen molar-refractivity contribution in [3.63, 3.8) is 0 Å². The third-order valence-electron chi connectivity index (χ3n) is 11.1. The van der Waals surface area contributed by atoms with Crippen LogP contribution in [0.3, 0.4) is 0 Å². The van der Waals surface area contributed by atoms with E-state index in [2.05, 4.69) is 81.5 Å². The van der Waals surface area contributed by atoms with Gasteiger partial charge in [0, 0.05) is 69.3 Å². The van der Waals surface area contributed by atoms with Crippen molar-refractivity contribution in [1.82, 2.24) is 29.9 Å². The first-order chi connectivity index (χ1) is 24.6. The van der Waals surface area contributed by atoms with Crippen molar-refractivity contribution in [3.8, 4) is 22.3 Å². The zero-order valence-corrected chi connectivity index (χ0v) is 30.0. The van der Waals surface area contributed by atoms with Gasteiger partial charge in [-0.3, -0.25) is 19.3 Å². The number of carbonyl (C=O) groups excluding carboxylic acids is 1. The second-order valence-corrected chi connectivity index (χ2v) is 15.2. The van der Waals surface area contributed by atoms with Gasteiger partial charge in [0.25, 0.3) is 5.91 Å². The number of nitrogens with zero attached hydrogens (tertiary/aromatic N) is 5. The molecule has 0 bridgehead atoms. The van der Waals surface area contributed by atoms with E-state index in [4.69, 9.17) is 10.5 Å². The largest absolute Gasteiger partial charge is 0.394 e. The predicted molar refractivity (Wildman–Crippen MR) is 198 cm³/mol. The summed E-state index contributed by atoms with van der Waals surface area (Å²) >= 11 is 0. The number of aromatic nitrogens is 3. The van der Waals surface area contributed by atoms with Gasteiger partial charge in [-0.25, -0.2) is 4.98 Å². The third-order valence-corrected chi connectivity index (χ3v) is 11.1. The Labute approximate surface area is 300 Å². The number of aliphatic hydroxyl groups excluding tert-OH is 2. The first kappa shape index (κ1) is 35.3. The Morgan fingerprint density at radius 1 is 1.02 bits per heavy atom. The molecular weight excluding hydrogens is 642 g/mol. The maximum absolute atomic E-state index is 13.3. The summed E-state index contributed by atoms with van der Waals surface area (Å²) in [7, 11) is 1.85. The number of aryl methyl sites for hydroxylation is 1. The van der Waals surface area contributed by atoms with E-state index in [-0.39, 0.29) is 35.9 Å². The van der Waals surface area contributed by atoms with Gasteiger partial charge >= 0.3 is 0 Å². The number of amides is 1. The van der Waals surface area contributed by atoms with Crippen LogP contribution in [0.4, 0.5) is 5.82 Å². The summed E-state index contributed by atoms with van der Waals surface area (Å²) in [6.07, 6.45) is 8.35. The molecule has 2 fully saturated rings. The number of benzene rings is 2. The highest BCUT2D eigenvalue weighted by Gasteiger charge is 2.40. The fourth-order valence-corrected chi connectivity index (χ4v) is 8.17. The third kappa shape index (κ3) is 7.73. The number of hydrogen-bond donors (Lipinski definition) is 4. The predicted octanol–water partition coefficient (Wildman–Crippen LogP) is 4.29. The van der Waals surface area contributed by atoms with Gasteiger partial charge in [0.1, 0.15) is 5.82 Å². The van der Waals surface area contributed by atoms with Gasteiger partial charge in [0.2, 0.25) is 0 Å². The summed E-state index contributed by atoms with van der Waals surface area (Å²) in [4.78, 5) is 22.5. The van der Waals surface area contributed by atoms with Gasteiger partial charge in [-0.2, -0.15) is 5.10 Å². The Bertz CT molecular complexity index is 1830. The summed E-state index contributed by atoms with van der Waals surface area (Å²) in [5.41, 5.74) is 14.6. The lowest BCUT2D eigenvalue weighted by molar-refractivity contribution is 0.0272. The Morgan fingerprint density at radius 3 is 2.51 bits per heavy atom. The van der Waals surface area contributed by atoms with Crippen molar-refractivity contribution in [1.29, 1.82) is 0 Å². The quantitative estimate of drug-likeness (QED) is 0.181. The molecule has 1 saturated heterocycles. The van der Waals surface area contributed by atoms with E-state index in [1.807, 2.05) is 13.2 Å². The van der Waals surface area contributed by atoms with Crippen LogP contribution in [0.15, 0.2) is 67.1 Å². The minimum atomic E-state index is -0.672. The second-order valence-electron chi connectivity index (χ2n) is 15.2. The van der Waals surface area contributed by atoms with Crippen LogP contribution in [0, 0.1) is 0 Å². The maximum Gasteiger partial charge on any atom is 0.255 e. The number of carbonyl (C=O) groups is 1. The fraction of sp³-hybridized carbons (Fsp3) is 0.475. The highest BCUT2D eigenvalue weighted by molar-refractivity contribution is 5.99. The lowest BCUT2D eigenvalue weighted by atomic mass is 9.85. The number of fused-ring (bicyclic) bond motifs is 1. The minimum Gasteiger partial charge on any atom is -0.394 e. The van der Waals surface area contributed by atoms with Crippen LogP contribution in [0.2, 0.25) is 0 Å². The smallest absolute Gasteiger partial charge is 0.255 e. The van der Waals surface area contributed by atoms with E-state index in [9.17, 15) is 15.0 Å². The summed E-state index contributed by atoms with van der Waals surface area (Å²) in [5.74, 6) is -0.0361. The number of ether oxygens (including phenoxy) is 1. The normalized spacial score (nSPS) is 22.6. The molecular formula is C40H51N7O4. The van der Waals surface area contributed by atoms with Gasteiger partial charge in [0.05, 0.1) is 43.2 Å². The molecule has 0 radical (unpaired) electrons. The van der Waals surface area contributed by atoms with Crippen LogP contribution in [0.25, 0.3) is 22.3 Å². The first-order valence-corrected chi connectivity index (χ1v) is 18.2. The lowest BCUT2D eigenvalue weighted by Crippen LogP contribution is -2.49. The molecule has 0 unspecified atom stereocenters. The zero-order valence-electron chi connectivity index (χ0n) is 30.0. The Balaban J connectivity index is 0.957. The van der Waals surface area contributed by atoms with E-state index in [1.165, 1.54) is 22.3 Å². The van der Waals surface area contributed by atoms with E-state index in [1.54, 1.807) is 23.1 Å². The van der Waals surface area contributed by atoms with Crippen molar-refractivity contribution in [2.24, 2.45) is 7.05 Å². The van der Waals surface area contributed by atoms with Crippen molar-refractivity contribution in [3.05, 3.63) is 89.4 Å². The number of nitrogen functional groups attached to an aromatic ring is 1. The SMILES string of the molecule is Cn1cc(-c2cnc(N)c(C(=O)N[C@H]3CCC[C@@H]3OCc3ccc(-c4ccc5c(c4)C(C)(C)C[C@@H]5N4CCN(C[C@H](O)CO)CC4)cc3)c2)cn1. The standard InChI is InChI=1S/C40H51N7O4/c1-40(2)19-36(47-15-13-46(14-16-47)23-31(49)24-48)32-12-11-28(18-34(32)40)27-9-7-26(8-10-27)25-51-37-6-4-5-35(37)44-39(50)33-17-29(20-42-38(33)41)30-21-43-45(3)22-30/h7-12,17-18,20-22,31,35-37,48-49H,4-6,13-16,19,23-25H2,1-3H3,(H2,41,42)(H,44,50)/t31-,35-,36-,37-/m0/s1. The Hall–Kier alpha value is -4.13. The van der Waals surface area contributed by atoms with E-state index >= 15 is 0 Å². The lowest BCUT2D eigenvalue weighted by Gasteiger charge is -2.39. The van der Waals surface area contributed by atoms with Crippen molar-refractivity contribution >= 4 is 11.7 Å². The number of rotatable bonds is 11. The number of piperazine rings is 1. The highest BCUT2D eigenvalue weighted by atomic mass is 16.5. The van der Waals surface area contributed by atoms with Gasteiger partial charge in [0.15, 0.2) is 0 Å².